The molecule has 5 heteroatoms. The summed E-state index contributed by atoms with van der Waals surface area (Å²) in [6.07, 6.45) is -1.24. The number of phenolic OH excluding ortho intramolecular Hbond substituents is 3. The molecule has 1 aliphatic rings. The van der Waals surface area contributed by atoms with Gasteiger partial charge in [-0.15, -0.1) is 0 Å². The van der Waals surface area contributed by atoms with E-state index >= 15 is 0 Å². The number of aromatic hydroxyl groups is 3. The van der Waals surface area contributed by atoms with Gasteiger partial charge in [0.05, 0.1) is 12.2 Å². The van der Waals surface area contributed by atoms with Crippen LogP contribution in [0.3, 0.4) is 0 Å². The van der Waals surface area contributed by atoms with Gasteiger partial charge in [0.1, 0.15) is 0 Å². The molecule has 5 nitrogen and oxygen atoms in total. The van der Waals surface area contributed by atoms with E-state index < -0.39 is 17.8 Å². The molecular weight excluding hydrogens is 188 g/mol. The minimum atomic E-state index is -1.24. The van der Waals surface area contributed by atoms with Gasteiger partial charge in [-0.05, 0) is 12.5 Å². The van der Waals surface area contributed by atoms with Crippen molar-refractivity contribution in [1.82, 2.24) is 0 Å². The molecule has 1 aromatic carbocycles. The zero-order chi connectivity index (χ0) is 10.5. The smallest absolute Gasteiger partial charge is 0.201 e. The molecule has 1 aliphatic heterocycles. The first-order valence-electron chi connectivity index (χ1n) is 4.10. The molecule has 0 bridgehead atoms. The average molecular weight is 198 g/mol. The van der Waals surface area contributed by atoms with Gasteiger partial charge in [0.2, 0.25) is 5.75 Å². The lowest BCUT2D eigenvalue weighted by atomic mass is 10.0. The Bertz CT molecular complexity index is 399. The number of aliphatic hydroxyl groups is 1. The summed E-state index contributed by atoms with van der Waals surface area (Å²) in [5, 5.41) is 37.5. The van der Waals surface area contributed by atoms with Crippen LogP contribution in [0.4, 0.5) is 0 Å². The number of phenols is 3. The highest BCUT2D eigenvalue weighted by Crippen LogP contribution is 2.48. The van der Waals surface area contributed by atoms with E-state index in [2.05, 4.69) is 0 Å². The molecule has 4 N–H and O–H groups in total. The largest absolute Gasteiger partial charge is 0.504 e. The van der Waals surface area contributed by atoms with Gasteiger partial charge in [-0.3, -0.25) is 0 Å². The average Bonchev–Trinajstić information content (AvgIpc) is 2.54. The Morgan fingerprint density at radius 1 is 1.14 bits per heavy atom. The van der Waals surface area contributed by atoms with Crippen LogP contribution in [-0.4, -0.2) is 20.4 Å². The van der Waals surface area contributed by atoms with Crippen molar-refractivity contribution < 1.29 is 25.2 Å². The van der Waals surface area contributed by atoms with Crippen LogP contribution in [0, 0.1) is 6.92 Å². The van der Waals surface area contributed by atoms with Gasteiger partial charge >= 0.3 is 0 Å². The first-order chi connectivity index (χ1) is 6.54. The molecule has 1 heterocycles. The van der Waals surface area contributed by atoms with Crippen molar-refractivity contribution in [2.45, 2.75) is 19.8 Å². The highest BCUT2D eigenvalue weighted by Gasteiger charge is 2.30. The first-order valence-corrected chi connectivity index (χ1v) is 4.10. The van der Waals surface area contributed by atoms with E-state index in [0.29, 0.717) is 11.1 Å². The summed E-state index contributed by atoms with van der Waals surface area (Å²) in [5.74, 6) is -1.52. The van der Waals surface area contributed by atoms with E-state index in [0.717, 1.165) is 0 Å². The molecule has 2 rings (SSSR count). The summed E-state index contributed by atoms with van der Waals surface area (Å²) in [4.78, 5) is 0. The van der Waals surface area contributed by atoms with E-state index in [1.165, 1.54) is 0 Å². The number of ether oxygens (including phenoxy) is 1. The Hall–Kier alpha value is -1.46. The minimum absolute atomic E-state index is 0.115. The van der Waals surface area contributed by atoms with Gasteiger partial charge in [0.25, 0.3) is 0 Å². The highest BCUT2D eigenvalue weighted by atomic mass is 16.6. The topological polar surface area (TPSA) is 90.2 Å². The minimum Gasteiger partial charge on any atom is -0.504 e. The molecule has 0 saturated heterocycles. The van der Waals surface area contributed by atoms with Crippen molar-refractivity contribution in [2.24, 2.45) is 0 Å². The van der Waals surface area contributed by atoms with E-state index in [9.17, 15) is 20.4 Å². The molecule has 76 valence electrons. The molecule has 1 atom stereocenters. The molecule has 0 radical (unpaired) electrons. The summed E-state index contributed by atoms with van der Waals surface area (Å²) in [5.41, 5.74) is 1.06. The molecule has 14 heavy (non-hydrogen) atoms. The maximum absolute atomic E-state index is 9.44. The number of fused-ring (bicyclic) bond motifs is 1. The summed E-state index contributed by atoms with van der Waals surface area (Å²) in [7, 11) is 0. The molecule has 0 aliphatic carbocycles. The monoisotopic (exact) mass is 198 g/mol. The molecule has 0 unspecified atom stereocenters. The standard InChI is InChI=1S/C9H10O5/c1-3-4-2-14-9(13)5(4)7(11)8(12)6(3)10/h9-13H,2H2,1H3/t9-/m1/s1. The SMILES string of the molecule is Cc1c(O)c(O)c(O)c2c1CO[C@H]2O. The van der Waals surface area contributed by atoms with Crippen LogP contribution in [0.15, 0.2) is 0 Å². The van der Waals surface area contributed by atoms with Gasteiger partial charge in [-0.2, -0.15) is 0 Å². The van der Waals surface area contributed by atoms with Gasteiger partial charge in [-0.25, -0.2) is 0 Å². The van der Waals surface area contributed by atoms with Crippen LogP contribution in [-0.2, 0) is 11.3 Å². The lowest BCUT2D eigenvalue weighted by molar-refractivity contribution is -0.0926. The Morgan fingerprint density at radius 2 is 1.79 bits per heavy atom. The molecular formula is C9H10O5. The van der Waals surface area contributed by atoms with E-state index in [1.807, 2.05) is 0 Å². The molecule has 0 aromatic heterocycles. The molecule has 0 fully saturated rings. The van der Waals surface area contributed by atoms with Crippen LogP contribution in [0.2, 0.25) is 0 Å². The van der Waals surface area contributed by atoms with Crippen molar-refractivity contribution in [3.8, 4) is 17.2 Å². The predicted octanol–water partition coefficient (Wildman–Crippen LogP) is 0.633. The Balaban J connectivity index is 2.77. The van der Waals surface area contributed by atoms with Gasteiger partial charge < -0.3 is 25.2 Å². The lowest BCUT2D eigenvalue weighted by Gasteiger charge is -2.11. The molecule has 0 amide bonds. The number of hydrogen-bond acceptors (Lipinski definition) is 5. The third-order valence-electron chi connectivity index (χ3n) is 2.47. The summed E-state index contributed by atoms with van der Waals surface area (Å²) < 4.78 is 4.87. The molecule has 0 spiro atoms. The maximum atomic E-state index is 9.44. The third kappa shape index (κ3) is 0.964. The second-order valence-electron chi connectivity index (χ2n) is 3.23. The Morgan fingerprint density at radius 3 is 2.43 bits per heavy atom. The van der Waals surface area contributed by atoms with Crippen LogP contribution in [0.5, 0.6) is 17.2 Å². The molecule has 1 aromatic rings. The fourth-order valence-electron chi connectivity index (χ4n) is 1.60. The number of rotatable bonds is 0. The zero-order valence-electron chi connectivity index (χ0n) is 7.48. The fraction of sp³-hybridized carbons (Fsp3) is 0.333. The fourth-order valence-corrected chi connectivity index (χ4v) is 1.60. The van der Waals surface area contributed by atoms with Crippen molar-refractivity contribution in [3.63, 3.8) is 0 Å². The second kappa shape index (κ2) is 2.76. The summed E-state index contributed by atoms with van der Waals surface area (Å²) >= 11 is 0. The Kier molecular flexibility index (Phi) is 1.80. The van der Waals surface area contributed by atoms with Crippen LogP contribution in [0.25, 0.3) is 0 Å². The first kappa shape index (κ1) is 9.11. The number of benzene rings is 1. The normalized spacial score (nSPS) is 19.7. The Labute approximate surface area is 79.8 Å². The second-order valence-corrected chi connectivity index (χ2v) is 3.23. The maximum Gasteiger partial charge on any atom is 0.201 e. The van der Waals surface area contributed by atoms with Crippen molar-refractivity contribution >= 4 is 0 Å². The van der Waals surface area contributed by atoms with Gasteiger partial charge in [0.15, 0.2) is 17.8 Å². The third-order valence-corrected chi connectivity index (χ3v) is 2.47. The summed E-state index contributed by atoms with van der Waals surface area (Å²) in [6, 6.07) is 0. The van der Waals surface area contributed by atoms with Gasteiger partial charge in [0, 0.05) is 5.56 Å². The lowest BCUT2D eigenvalue weighted by Crippen LogP contribution is -1.94. The van der Waals surface area contributed by atoms with Crippen molar-refractivity contribution in [2.75, 3.05) is 0 Å². The van der Waals surface area contributed by atoms with Crippen molar-refractivity contribution in [3.05, 3.63) is 16.7 Å². The van der Waals surface area contributed by atoms with Crippen molar-refractivity contribution in [1.29, 1.82) is 0 Å². The van der Waals surface area contributed by atoms with Crippen LogP contribution < -0.4 is 0 Å². The summed E-state index contributed by atoms with van der Waals surface area (Å²) in [6.45, 7) is 1.69. The number of hydrogen-bond donors (Lipinski definition) is 4. The molecule has 0 saturated carbocycles. The number of aliphatic hydroxyl groups excluding tert-OH is 1. The van der Waals surface area contributed by atoms with Crippen LogP contribution >= 0.6 is 0 Å². The highest BCUT2D eigenvalue weighted by molar-refractivity contribution is 5.62. The van der Waals surface area contributed by atoms with E-state index in [4.69, 9.17) is 4.74 Å². The van der Waals surface area contributed by atoms with E-state index in [1.54, 1.807) is 6.92 Å². The zero-order valence-corrected chi connectivity index (χ0v) is 7.48. The van der Waals surface area contributed by atoms with Crippen LogP contribution in [0.1, 0.15) is 23.0 Å². The van der Waals surface area contributed by atoms with E-state index in [-0.39, 0.29) is 17.9 Å². The van der Waals surface area contributed by atoms with Gasteiger partial charge in [-0.1, -0.05) is 0 Å². The predicted molar refractivity (Wildman–Crippen MR) is 45.9 cm³/mol. The quantitative estimate of drug-likeness (QED) is 0.459.